The summed E-state index contributed by atoms with van der Waals surface area (Å²) in [4.78, 5) is 0. The van der Waals surface area contributed by atoms with Crippen LogP contribution < -0.4 is 15.6 Å². The van der Waals surface area contributed by atoms with Crippen LogP contribution in [0, 0.1) is 6.92 Å². The highest BCUT2D eigenvalue weighted by molar-refractivity contribution is 6.32. The fourth-order valence-electron chi connectivity index (χ4n) is 2.76. The Balaban J connectivity index is 1.89. The molecule has 5 heteroatoms. The first-order chi connectivity index (χ1) is 11.0. The molecule has 1 saturated carbocycles. The maximum Gasteiger partial charge on any atom is 0.138 e. The van der Waals surface area contributed by atoms with Crippen molar-refractivity contribution in [2.75, 3.05) is 12.1 Å². The predicted molar refractivity (Wildman–Crippen MR) is 93.2 cm³/mol. The standard InChI is InChI=1S/C18H21ClN2O2/c1-11-8-18(15(19)9-17(11)22)23-10-14-13(12-6-7-12)4-3-5-16(14)21(2)20/h3-5,8-9,12,22H,6-7,10,20H2,1-2H3. The zero-order valence-corrected chi connectivity index (χ0v) is 14.1. The molecular formula is C18H21ClN2O2. The van der Waals surface area contributed by atoms with E-state index in [1.807, 2.05) is 26.1 Å². The van der Waals surface area contributed by atoms with Gasteiger partial charge in [-0.05, 0) is 48.9 Å². The molecule has 1 aliphatic carbocycles. The van der Waals surface area contributed by atoms with Crippen LogP contribution in [0.15, 0.2) is 30.3 Å². The van der Waals surface area contributed by atoms with Crippen LogP contribution in [0.1, 0.15) is 35.4 Å². The Kier molecular flexibility index (Phi) is 4.37. The summed E-state index contributed by atoms with van der Waals surface area (Å²) in [6.45, 7) is 2.21. The van der Waals surface area contributed by atoms with Crippen LogP contribution in [0.25, 0.3) is 0 Å². The van der Waals surface area contributed by atoms with E-state index >= 15 is 0 Å². The molecule has 0 aliphatic heterocycles. The average molecular weight is 333 g/mol. The van der Waals surface area contributed by atoms with Crippen LogP contribution in [0.5, 0.6) is 11.5 Å². The Labute approximate surface area is 141 Å². The number of aryl methyl sites for hydroxylation is 1. The summed E-state index contributed by atoms with van der Waals surface area (Å²) in [6, 6.07) is 9.44. The van der Waals surface area contributed by atoms with Crippen molar-refractivity contribution in [1.29, 1.82) is 0 Å². The number of benzene rings is 2. The molecule has 4 nitrogen and oxygen atoms in total. The SMILES string of the molecule is Cc1cc(OCc2c(C3CC3)cccc2N(C)N)c(Cl)cc1O. The zero-order valence-electron chi connectivity index (χ0n) is 13.3. The van der Waals surface area contributed by atoms with Gasteiger partial charge in [-0.25, -0.2) is 5.84 Å². The van der Waals surface area contributed by atoms with Gasteiger partial charge < -0.3 is 14.9 Å². The smallest absolute Gasteiger partial charge is 0.138 e. The van der Waals surface area contributed by atoms with Crippen molar-refractivity contribution in [3.8, 4) is 11.5 Å². The highest BCUT2D eigenvalue weighted by Gasteiger charge is 2.27. The van der Waals surface area contributed by atoms with Gasteiger partial charge in [0.1, 0.15) is 18.1 Å². The molecule has 23 heavy (non-hydrogen) atoms. The Morgan fingerprint density at radius 2 is 2.09 bits per heavy atom. The fourth-order valence-corrected chi connectivity index (χ4v) is 2.97. The normalized spacial score (nSPS) is 13.9. The van der Waals surface area contributed by atoms with Crippen molar-refractivity contribution in [3.05, 3.63) is 52.0 Å². The van der Waals surface area contributed by atoms with E-state index in [0.717, 1.165) is 16.8 Å². The van der Waals surface area contributed by atoms with Gasteiger partial charge >= 0.3 is 0 Å². The van der Waals surface area contributed by atoms with Crippen molar-refractivity contribution in [1.82, 2.24) is 0 Å². The van der Waals surface area contributed by atoms with Crippen molar-refractivity contribution in [3.63, 3.8) is 0 Å². The maximum atomic E-state index is 9.69. The molecule has 0 spiro atoms. The summed E-state index contributed by atoms with van der Waals surface area (Å²) in [5, 5.41) is 11.7. The molecular weight excluding hydrogens is 312 g/mol. The third-order valence-corrected chi connectivity index (χ3v) is 4.50. The van der Waals surface area contributed by atoms with Crippen LogP contribution >= 0.6 is 11.6 Å². The molecule has 0 bridgehead atoms. The molecule has 3 N–H and O–H groups in total. The van der Waals surface area contributed by atoms with Gasteiger partial charge in [0, 0.05) is 18.7 Å². The molecule has 0 heterocycles. The lowest BCUT2D eigenvalue weighted by Crippen LogP contribution is -2.27. The number of nitrogens with two attached hydrogens (primary N) is 1. The number of rotatable bonds is 5. The monoisotopic (exact) mass is 332 g/mol. The number of halogens is 1. The second-order valence-electron chi connectivity index (χ2n) is 6.09. The van der Waals surface area contributed by atoms with Gasteiger partial charge in [-0.15, -0.1) is 0 Å². The van der Waals surface area contributed by atoms with Gasteiger partial charge in [0.25, 0.3) is 0 Å². The summed E-state index contributed by atoms with van der Waals surface area (Å²) in [7, 11) is 1.83. The Bertz CT molecular complexity index is 707. The van der Waals surface area contributed by atoms with E-state index in [1.54, 1.807) is 11.1 Å². The third kappa shape index (κ3) is 3.38. The molecule has 1 aliphatic rings. The summed E-state index contributed by atoms with van der Waals surface area (Å²) >= 11 is 6.16. The minimum Gasteiger partial charge on any atom is -0.508 e. The van der Waals surface area contributed by atoms with Crippen molar-refractivity contribution in [2.24, 2.45) is 5.84 Å². The molecule has 0 amide bonds. The molecule has 0 saturated heterocycles. The van der Waals surface area contributed by atoms with Crippen LogP contribution in [0.2, 0.25) is 5.02 Å². The quantitative estimate of drug-likeness (QED) is 0.638. The van der Waals surface area contributed by atoms with E-state index in [9.17, 15) is 5.11 Å². The highest BCUT2D eigenvalue weighted by Crippen LogP contribution is 2.44. The van der Waals surface area contributed by atoms with Crippen LogP contribution in [0.4, 0.5) is 5.69 Å². The topological polar surface area (TPSA) is 58.7 Å². The van der Waals surface area contributed by atoms with Crippen LogP contribution in [-0.2, 0) is 6.61 Å². The minimum atomic E-state index is 0.170. The van der Waals surface area contributed by atoms with E-state index in [2.05, 4.69) is 6.07 Å². The minimum absolute atomic E-state index is 0.170. The van der Waals surface area contributed by atoms with E-state index < -0.39 is 0 Å². The first-order valence-corrected chi connectivity index (χ1v) is 8.07. The van der Waals surface area contributed by atoms with Crippen molar-refractivity contribution < 1.29 is 9.84 Å². The van der Waals surface area contributed by atoms with Gasteiger partial charge in [-0.1, -0.05) is 23.7 Å². The van der Waals surface area contributed by atoms with Gasteiger partial charge in [0.05, 0.1) is 10.7 Å². The predicted octanol–water partition coefficient (Wildman–Crippen LogP) is 4.12. The summed E-state index contributed by atoms with van der Waals surface area (Å²) in [6.07, 6.45) is 2.42. The van der Waals surface area contributed by atoms with E-state index in [-0.39, 0.29) is 5.75 Å². The molecule has 0 atom stereocenters. The highest BCUT2D eigenvalue weighted by atomic mass is 35.5. The third-order valence-electron chi connectivity index (χ3n) is 4.21. The van der Waals surface area contributed by atoms with Gasteiger partial charge in [0.2, 0.25) is 0 Å². The first-order valence-electron chi connectivity index (χ1n) is 7.69. The number of hydrogen-bond acceptors (Lipinski definition) is 4. The lowest BCUT2D eigenvalue weighted by Gasteiger charge is -2.21. The number of hydrazine groups is 1. The van der Waals surface area contributed by atoms with Gasteiger partial charge in [0.15, 0.2) is 0 Å². The van der Waals surface area contributed by atoms with E-state index in [1.165, 1.54) is 24.5 Å². The molecule has 3 rings (SSSR count). The molecule has 0 unspecified atom stereocenters. The van der Waals surface area contributed by atoms with Gasteiger partial charge in [-0.3, -0.25) is 0 Å². The Morgan fingerprint density at radius 1 is 1.35 bits per heavy atom. The number of hydrogen-bond donors (Lipinski definition) is 2. The van der Waals surface area contributed by atoms with Crippen molar-refractivity contribution >= 4 is 17.3 Å². The molecule has 1 fully saturated rings. The van der Waals surface area contributed by atoms with Crippen LogP contribution in [0.3, 0.4) is 0 Å². The van der Waals surface area contributed by atoms with Gasteiger partial charge in [-0.2, -0.15) is 0 Å². The average Bonchev–Trinajstić information content (AvgIpc) is 3.34. The Morgan fingerprint density at radius 3 is 2.74 bits per heavy atom. The largest absolute Gasteiger partial charge is 0.508 e. The second kappa shape index (κ2) is 6.30. The number of aromatic hydroxyl groups is 1. The first kappa shape index (κ1) is 16.0. The summed E-state index contributed by atoms with van der Waals surface area (Å²) < 4.78 is 5.94. The second-order valence-corrected chi connectivity index (χ2v) is 6.50. The van der Waals surface area contributed by atoms with E-state index in [4.69, 9.17) is 22.2 Å². The Hall–Kier alpha value is -1.91. The number of anilines is 1. The zero-order chi connectivity index (χ0) is 16.6. The number of phenolic OH excluding ortho intramolecular Hbond substituents is 1. The lowest BCUT2D eigenvalue weighted by atomic mass is 10.0. The molecule has 2 aromatic carbocycles. The maximum absolute atomic E-state index is 9.69. The number of nitrogens with zero attached hydrogens (tertiary/aromatic N) is 1. The van der Waals surface area contributed by atoms with Crippen LogP contribution in [-0.4, -0.2) is 12.2 Å². The van der Waals surface area contributed by atoms with E-state index in [0.29, 0.717) is 23.3 Å². The lowest BCUT2D eigenvalue weighted by molar-refractivity contribution is 0.304. The number of phenols is 1. The number of ether oxygens (including phenoxy) is 1. The van der Waals surface area contributed by atoms with Crippen molar-refractivity contribution in [2.45, 2.75) is 32.3 Å². The molecule has 122 valence electrons. The fraction of sp³-hybridized carbons (Fsp3) is 0.333. The molecule has 0 radical (unpaired) electrons. The molecule has 2 aromatic rings. The summed E-state index contributed by atoms with van der Waals surface area (Å²) in [5.74, 6) is 7.31. The summed E-state index contributed by atoms with van der Waals surface area (Å²) in [5.41, 5.74) is 4.09. The molecule has 0 aromatic heterocycles.